The van der Waals surface area contributed by atoms with Gasteiger partial charge in [-0.2, -0.15) is 0 Å². The highest BCUT2D eigenvalue weighted by Gasteiger charge is 2.31. The van der Waals surface area contributed by atoms with E-state index >= 15 is 0 Å². The highest BCUT2D eigenvalue weighted by molar-refractivity contribution is 6.66. The lowest BCUT2D eigenvalue weighted by molar-refractivity contribution is -0.123. The largest absolute Gasteiger partial charge is 0.281 e. The van der Waals surface area contributed by atoms with Crippen molar-refractivity contribution in [1.29, 1.82) is 0 Å². The lowest BCUT2D eigenvalue weighted by atomic mass is 9.85. The molecule has 4 heteroatoms. The van der Waals surface area contributed by atoms with Crippen LogP contribution in [0.15, 0.2) is 12.2 Å². The normalized spacial score (nSPS) is 28.5. The van der Waals surface area contributed by atoms with E-state index in [9.17, 15) is 9.59 Å². The first-order valence-corrected chi connectivity index (χ1v) is 4.42. The molecule has 0 heterocycles. The van der Waals surface area contributed by atoms with Gasteiger partial charge in [-0.3, -0.25) is 9.59 Å². The number of halogens is 2. The van der Waals surface area contributed by atoms with Gasteiger partial charge in [0.05, 0.1) is 0 Å². The van der Waals surface area contributed by atoms with E-state index in [0.717, 1.165) is 0 Å². The molecule has 0 fully saturated rings. The van der Waals surface area contributed by atoms with E-state index in [1.54, 1.807) is 0 Å². The Hall–Kier alpha value is -0.340. The van der Waals surface area contributed by atoms with Crippen LogP contribution in [0.25, 0.3) is 0 Å². The molecular weight excluding hydrogens is 199 g/mol. The van der Waals surface area contributed by atoms with Crippen LogP contribution >= 0.6 is 23.2 Å². The van der Waals surface area contributed by atoms with Gasteiger partial charge in [-0.05, 0) is 36.0 Å². The van der Waals surface area contributed by atoms with Crippen LogP contribution in [0.3, 0.4) is 0 Å². The third-order valence-electron chi connectivity index (χ3n) is 2.02. The maximum Gasteiger partial charge on any atom is 0.225 e. The molecule has 1 rings (SSSR count). The Morgan fingerprint density at radius 3 is 1.58 bits per heavy atom. The number of allylic oxidation sites excluding steroid dienone is 2. The number of hydrogen-bond acceptors (Lipinski definition) is 2. The average molecular weight is 207 g/mol. The maximum atomic E-state index is 10.8. The average Bonchev–Trinajstić information content (AvgIpc) is 2.04. The zero-order valence-corrected chi connectivity index (χ0v) is 7.81. The molecule has 0 saturated heterocycles. The van der Waals surface area contributed by atoms with Crippen molar-refractivity contribution in [2.24, 2.45) is 11.8 Å². The molecule has 66 valence electrons. The molecule has 0 aromatic carbocycles. The summed E-state index contributed by atoms with van der Waals surface area (Å²) in [6.45, 7) is 0. The SMILES string of the molecule is O=C(Cl)[C@@H]1CC=CC[C@H]1C(=O)Cl. The Bertz CT molecular complexity index is 211. The fourth-order valence-electron chi connectivity index (χ4n) is 1.32. The molecule has 0 spiro atoms. The Labute approximate surface area is 80.5 Å². The van der Waals surface area contributed by atoms with E-state index in [1.807, 2.05) is 12.2 Å². The first kappa shape index (κ1) is 9.75. The third-order valence-corrected chi connectivity index (χ3v) is 2.58. The maximum absolute atomic E-state index is 10.8. The van der Waals surface area contributed by atoms with Gasteiger partial charge >= 0.3 is 0 Å². The Morgan fingerprint density at radius 1 is 1.00 bits per heavy atom. The summed E-state index contributed by atoms with van der Waals surface area (Å²) in [5.74, 6) is -0.858. The van der Waals surface area contributed by atoms with Crippen molar-refractivity contribution in [3.63, 3.8) is 0 Å². The molecule has 1 aliphatic carbocycles. The molecule has 0 aromatic rings. The molecule has 0 radical (unpaired) electrons. The summed E-state index contributed by atoms with van der Waals surface area (Å²) in [5.41, 5.74) is 0. The summed E-state index contributed by atoms with van der Waals surface area (Å²) in [6.07, 6.45) is 4.74. The molecule has 0 unspecified atom stereocenters. The summed E-state index contributed by atoms with van der Waals surface area (Å²) in [6, 6.07) is 0. The molecule has 0 aliphatic heterocycles. The fraction of sp³-hybridized carbons (Fsp3) is 0.500. The molecule has 2 nitrogen and oxygen atoms in total. The van der Waals surface area contributed by atoms with E-state index in [1.165, 1.54) is 0 Å². The van der Waals surface area contributed by atoms with Gasteiger partial charge in [0.2, 0.25) is 10.5 Å². The predicted molar refractivity (Wildman–Crippen MR) is 47.1 cm³/mol. The number of rotatable bonds is 2. The van der Waals surface area contributed by atoms with E-state index in [0.29, 0.717) is 12.8 Å². The molecule has 2 atom stereocenters. The first-order chi connectivity index (χ1) is 5.63. The molecule has 1 aliphatic rings. The Balaban J connectivity index is 2.76. The summed E-state index contributed by atoms with van der Waals surface area (Å²) in [4.78, 5) is 21.7. The van der Waals surface area contributed by atoms with E-state index in [-0.39, 0.29) is 0 Å². The zero-order valence-electron chi connectivity index (χ0n) is 6.30. The minimum absolute atomic E-state index is 0.429. The summed E-state index contributed by atoms with van der Waals surface area (Å²) in [7, 11) is 0. The van der Waals surface area contributed by atoms with Crippen LogP contribution in [0.4, 0.5) is 0 Å². The van der Waals surface area contributed by atoms with Crippen LogP contribution in [-0.2, 0) is 9.59 Å². The Morgan fingerprint density at radius 2 is 1.33 bits per heavy atom. The van der Waals surface area contributed by atoms with Gasteiger partial charge in [0, 0.05) is 11.8 Å². The van der Waals surface area contributed by atoms with Gasteiger partial charge in [-0.15, -0.1) is 0 Å². The Kier molecular flexibility index (Phi) is 3.29. The number of carbonyl (C=O) groups is 2. The van der Waals surface area contributed by atoms with Crippen LogP contribution in [-0.4, -0.2) is 10.5 Å². The van der Waals surface area contributed by atoms with Crippen molar-refractivity contribution >= 4 is 33.7 Å². The van der Waals surface area contributed by atoms with Crippen LogP contribution < -0.4 is 0 Å². The first-order valence-electron chi connectivity index (χ1n) is 3.66. The van der Waals surface area contributed by atoms with Crippen LogP contribution in [0.5, 0.6) is 0 Å². The van der Waals surface area contributed by atoms with E-state index < -0.39 is 22.3 Å². The van der Waals surface area contributed by atoms with Gasteiger partial charge in [-0.1, -0.05) is 12.2 Å². The summed E-state index contributed by atoms with van der Waals surface area (Å²) in [5, 5.41) is -0.947. The van der Waals surface area contributed by atoms with Gasteiger partial charge in [0.15, 0.2) is 0 Å². The highest BCUT2D eigenvalue weighted by atomic mass is 35.5. The van der Waals surface area contributed by atoms with Crippen molar-refractivity contribution in [3.05, 3.63) is 12.2 Å². The lowest BCUT2D eigenvalue weighted by Crippen LogP contribution is -2.26. The van der Waals surface area contributed by atoms with Crippen molar-refractivity contribution in [2.45, 2.75) is 12.8 Å². The molecule has 0 aromatic heterocycles. The number of carbonyl (C=O) groups excluding carboxylic acids is 2. The zero-order chi connectivity index (χ0) is 9.14. The second kappa shape index (κ2) is 4.06. The van der Waals surface area contributed by atoms with Gasteiger partial charge < -0.3 is 0 Å². The van der Waals surface area contributed by atoms with Crippen molar-refractivity contribution in [3.8, 4) is 0 Å². The second-order valence-electron chi connectivity index (χ2n) is 2.76. The minimum Gasteiger partial charge on any atom is -0.281 e. The quantitative estimate of drug-likeness (QED) is 0.513. The van der Waals surface area contributed by atoms with Crippen LogP contribution in [0.2, 0.25) is 0 Å². The van der Waals surface area contributed by atoms with Crippen molar-refractivity contribution < 1.29 is 9.59 Å². The second-order valence-corrected chi connectivity index (χ2v) is 3.51. The van der Waals surface area contributed by atoms with Gasteiger partial charge in [-0.25, -0.2) is 0 Å². The minimum atomic E-state index is -0.474. The van der Waals surface area contributed by atoms with Gasteiger partial charge in [0.1, 0.15) is 0 Å². The lowest BCUT2D eigenvalue weighted by Gasteiger charge is -2.21. The van der Waals surface area contributed by atoms with Crippen LogP contribution in [0.1, 0.15) is 12.8 Å². The highest BCUT2D eigenvalue weighted by Crippen LogP contribution is 2.29. The summed E-state index contributed by atoms with van der Waals surface area (Å²) >= 11 is 10.6. The standard InChI is InChI=1S/C8H8Cl2O2/c9-7(11)5-3-1-2-4-6(5)8(10)12/h1-2,5-6H,3-4H2/t5-,6-/m1/s1. The predicted octanol–water partition coefficient (Wildman–Crippen LogP) is 2.10. The summed E-state index contributed by atoms with van der Waals surface area (Å²) < 4.78 is 0. The van der Waals surface area contributed by atoms with Crippen molar-refractivity contribution in [1.82, 2.24) is 0 Å². The molecule has 0 N–H and O–H groups in total. The molecular formula is C8H8Cl2O2. The molecule has 12 heavy (non-hydrogen) atoms. The van der Waals surface area contributed by atoms with Crippen molar-refractivity contribution in [2.75, 3.05) is 0 Å². The smallest absolute Gasteiger partial charge is 0.225 e. The number of hydrogen-bond donors (Lipinski definition) is 0. The molecule has 0 bridgehead atoms. The van der Waals surface area contributed by atoms with Gasteiger partial charge in [0.25, 0.3) is 0 Å². The topological polar surface area (TPSA) is 34.1 Å². The monoisotopic (exact) mass is 206 g/mol. The fourth-order valence-corrected chi connectivity index (χ4v) is 1.80. The third kappa shape index (κ3) is 2.08. The van der Waals surface area contributed by atoms with E-state index in [2.05, 4.69) is 0 Å². The van der Waals surface area contributed by atoms with E-state index in [4.69, 9.17) is 23.2 Å². The molecule has 0 amide bonds. The molecule has 0 saturated carbocycles. The van der Waals surface area contributed by atoms with Crippen LogP contribution in [0, 0.1) is 11.8 Å².